The number of hydrogen-bond donors (Lipinski definition) is 0. The summed E-state index contributed by atoms with van der Waals surface area (Å²) < 4.78 is 13.3. The maximum absolute atomic E-state index is 13.4. The second-order valence-corrected chi connectivity index (χ2v) is 9.12. The Hall–Kier alpha value is -2.38. The minimum atomic E-state index is -0.183. The van der Waals surface area contributed by atoms with Crippen LogP contribution in [0.3, 0.4) is 0 Å². The molecule has 0 amide bonds. The number of ether oxygens (including phenoxy) is 2. The van der Waals surface area contributed by atoms with Crippen LogP contribution in [0.4, 0.5) is 0 Å². The number of halogens is 2. The first-order valence-electron chi connectivity index (χ1n) is 10.8. The first-order valence-corrected chi connectivity index (χ1v) is 12.0. The summed E-state index contributed by atoms with van der Waals surface area (Å²) in [5.41, 5.74) is 1.21. The number of fused-ring (bicyclic) bond motifs is 1. The monoisotopic (exact) mass is 517 g/mol. The first-order chi connectivity index (χ1) is 15.5. The van der Waals surface area contributed by atoms with E-state index in [-0.39, 0.29) is 11.5 Å². The van der Waals surface area contributed by atoms with Crippen LogP contribution in [0, 0.1) is 0 Å². The summed E-state index contributed by atoms with van der Waals surface area (Å²) in [7, 11) is 1.55. The standard InChI is InChI=1S/C24H25BrClN3O3/c1-3-32-21-12-15(11-19(26)22(21)31-2)14-27-29-23(16-7-5-4-6-8-16)28-20-10-9-17(25)13-18(20)24(29)30/h9-14,16H,3-8H2,1-2H3. The van der Waals surface area contributed by atoms with E-state index in [2.05, 4.69) is 21.0 Å². The number of rotatable bonds is 6. The lowest BCUT2D eigenvalue weighted by Crippen LogP contribution is -2.25. The number of methoxy groups -OCH3 is 1. The van der Waals surface area contributed by atoms with Crippen molar-refractivity contribution in [1.29, 1.82) is 0 Å². The van der Waals surface area contributed by atoms with Gasteiger partial charge in [-0.3, -0.25) is 4.79 Å². The molecule has 1 aliphatic carbocycles. The molecule has 4 rings (SSSR count). The Bertz CT molecular complexity index is 1220. The van der Waals surface area contributed by atoms with Gasteiger partial charge in [0.25, 0.3) is 5.56 Å². The van der Waals surface area contributed by atoms with Gasteiger partial charge in [-0.25, -0.2) is 4.98 Å². The Morgan fingerprint density at radius 2 is 2.03 bits per heavy atom. The molecule has 32 heavy (non-hydrogen) atoms. The molecule has 1 fully saturated rings. The van der Waals surface area contributed by atoms with Gasteiger partial charge in [-0.2, -0.15) is 9.78 Å². The highest BCUT2D eigenvalue weighted by atomic mass is 79.9. The van der Waals surface area contributed by atoms with E-state index in [1.54, 1.807) is 31.5 Å². The fourth-order valence-corrected chi connectivity index (χ4v) is 4.81. The molecule has 1 aliphatic rings. The molecule has 1 aromatic heterocycles. The Kier molecular flexibility index (Phi) is 7.16. The third-order valence-corrected chi connectivity index (χ3v) is 6.44. The zero-order valence-electron chi connectivity index (χ0n) is 18.1. The van der Waals surface area contributed by atoms with Crippen molar-refractivity contribution in [3.63, 3.8) is 0 Å². The smallest absolute Gasteiger partial charge is 0.282 e. The molecule has 2 aromatic carbocycles. The van der Waals surface area contributed by atoms with Crippen molar-refractivity contribution in [1.82, 2.24) is 9.66 Å². The first kappa shape index (κ1) is 22.8. The summed E-state index contributed by atoms with van der Waals surface area (Å²) >= 11 is 9.83. The van der Waals surface area contributed by atoms with Gasteiger partial charge in [-0.15, -0.1) is 0 Å². The van der Waals surface area contributed by atoms with Crippen LogP contribution in [0.1, 0.15) is 56.3 Å². The van der Waals surface area contributed by atoms with Crippen molar-refractivity contribution in [3.05, 3.63) is 61.6 Å². The van der Waals surface area contributed by atoms with E-state index in [0.29, 0.717) is 45.4 Å². The predicted octanol–water partition coefficient (Wildman–Crippen LogP) is 6.15. The molecule has 0 spiro atoms. The topological polar surface area (TPSA) is 65.7 Å². The molecule has 0 saturated heterocycles. The lowest BCUT2D eigenvalue weighted by Gasteiger charge is -2.22. The lowest BCUT2D eigenvalue weighted by atomic mass is 9.88. The van der Waals surface area contributed by atoms with Crippen molar-refractivity contribution in [2.45, 2.75) is 44.9 Å². The third-order valence-electron chi connectivity index (χ3n) is 5.66. The van der Waals surface area contributed by atoms with Crippen LogP contribution in [-0.2, 0) is 0 Å². The molecule has 0 N–H and O–H groups in total. The fraction of sp³-hybridized carbons (Fsp3) is 0.375. The van der Waals surface area contributed by atoms with E-state index in [9.17, 15) is 4.79 Å². The molecule has 0 unspecified atom stereocenters. The van der Waals surface area contributed by atoms with Crippen LogP contribution < -0.4 is 15.0 Å². The van der Waals surface area contributed by atoms with Crippen molar-refractivity contribution in [2.24, 2.45) is 5.10 Å². The second-order valence-electron chi connectivity index (χ2n) is 7.80. The molecule has 8 heteroatoms. The molecular weight excluding hydrogens is 494 g/mol. The van der Waals surface area contributed by atoms with Crippen molar-refractivity contribution < 1.29 is 9.47 Å². The molecule has 3 aromatic rings. The van der Waals surface area contributed by atoms with Crippen LogP contribution >= 0.6 is 27.5 Å². The molecule has 6 nitrogen and oxygen atoms in total. The van der Waals surface area contributed by atoms with E-state index in [1.807, 2.05) is 19.1 Å². The van der Waals surface area contributed by atoms with Gasteiger partial charge < -0.3 is 9.47 Å². The fourth-order valence-electron chi connectivity index (χ4n) is 4.15. The molecule has 1 heterocycles. The second kappa shape index (κ2) is 10.0. The van der Waals surface area contributed by atoms with Crippen molar-refractivity contribution >= 4 is 44.6 Å². The summed E-state index contributed by atoms with van der Waals surface area (Å²) in [5, 5.41) is 5.52. The molecule has 168 valence electrons. The zero-order chi connectivity index (χ0) is 22.7. The van der Waals surface area contributed by atoms with Gasteiger partial charge >= 0.3 is 0 Å². The normalized spacial score (nSPS) is 14.9. The van der Waals surface area contributed by atoms with Gasteiger partial charge in [0.1, 0.15) is 5.82 Å². The van der Waals surface area contributed by atoms with Gasteiger partial charge in [-0.1, -0.05) is 46.8 Å². The van der Waals surface area contributed by atoms with Crippen LogP contribution in [0.2, 0.25) is 5.02 Å². The Morgan fingerprint density at radius 1 is 1.25 bits per heavy atom. The van der Waals surface area contributed by atoms with Gasteiger partial charge in [0.05, 0.1) is 35.9 Å². The number of nitrogens with zero attached hydrogens (tertiary/aromatic N) is 3. The molecular formula is C24H25BrClN3O3. The van der Waals surface area contributed by atoms with E-state index in [4.69, 9.17) is 26.1 Å². The summed E-state index contributed by atoms with van der Waals surface area (Å²) in [6.45, 7) is 2.37. The zero-order valence-corrected chi connectivity index (χ0v) is 20.4. The Morgan fingerprint density at radius 3 is 2.75 bits per heavy atom. The quantitative estimate of drug-likeness (QED) is 0.367. The molecule has 0 radical (unpaired) electrons. The SMILES string of the molecule is CCOc1cc(C=Nn2c(C3CCCCC3)nc3ccc(Br)cc3c2=O)cc(Cl)c1OC. The molecule has 1 saturated carbocycles. The maximum Gasteiger partial charge on any atom is 0.282 e. The number of benzene rings is 2. The van der Waals surface area contributed by atoms with E-state index in [0.717, 1.165) is 30.2 Å². The summed E-state index contributed by atoms with van der Waals surface area (Å²) in [6.07, 6.45) is 7.12. The molecule has 0 bridgehead atoms. The minimum absolute atomic E-state index is 0.183. The Labute approximate surface area is 200 Å². The van der Waals surface area contributed by atoms with Crippen LogP contribution in [-0.4, -0.2) is 29.6 Å². The molecule has 0 atom stereocenters. The number of aromatic nitrogens is 2. The lowest BCUT2D eigenvalue weighted by molar-refractivity contribution is 0.311. The summed E-state index contributed by atoms with van der Waals surface area (Å²) in [4.78, 5) is 18.3. The van der Waals surface area contributed by atoms with Crippen LogP contribution in [0.5, 0.6) is 11.5 Å². The average Bonchev–Trinajstić information content (AvgIpc) is 2.79. The Balaban J connectivity index is 1.83. The van der Waals surface area contributed by atoms with Crippen molar-refractivity contribution in [2.75, 3.05) is 13.7 Å². The predicted molar refractivity (Wildman–Crippen MR) is 132 cm³/mol. The number of hydrogen-bond acceptors (Lipinski definition) is 5. The van der Waals surface area contributed by atoms with Gasteiger partial charge in [0.2, 0.25) is 0 Å². The largest absolute Gasteiger partial charge is 0.491 e. The van der Waals surface area contributed by atoms with Crippen LogP contribution in [0.15, 0.2) is 44.7 Å². The highest BCUT2D eigenvalue weighted by Crippen LogP contribution is 2.36. The summed E-state index contributed by atoms with van der Waals surface area (Å²) in [5.74, 6) is 1.93. The summed E-state index contributed by atoms with van der Waals surface area (Å²) in [6, 6.07) is 9.11. The van der Waals surface area contributed by atoms with E-state index >= 15 is 0 Å². The van der Waals surface area contributed by atoms with Crippen molar-refractivity contribution in [3.8, 4) is 11.5 Å². The maximum atomic E-state index is 13.4. The third kappa shape index (κ3) is 4.69. The average molecular weight is 519 g/mol. The van der Waals surface area contributed by atoms with Gasteiger partial charge in [0, 0.05) is 10.4 Å². The molecule has 0 aliphatic heterocycles. The van der Waals surface area contributed by atoms with Gasteiger partial charge in [0.15, 0.2) is 11.5 Å². The van der Waals surface area contributed by atoms with E-state index < -0.39 is 0 Å². The minimum Gasteiger partial charge on any atom is -0.491 e. The van der Waals surface area contributed by atoms with E-state index in [1.165, 1.54) is 11.1 Å². The van der Waals surface area contributed by atoms with Gasteiger partial charge in [-0.05, 0) is 55.7 Å². The highest BCUT2D eigenvalue weighted by molar-refractivity contribution is 9.10. The highest BCUT2D eigenvalue weighted by Gasteiger charge is 2.22. The van der Waals surface area contributed by atoms with Crippen LogP contribution in [0.25, 0.3) is 10.9 Å².